The molecule has 1 aromatic carbocycles. The summed E-state index contributed by atoms with van der Waals surface area (Å²) < 4.78 is 11.7. The summed E-state index contributed by atoms with van der Waals surface area (Å²) in [7, 11) is 0. The Hall–Kier alpha value is -1.71. The quantitative estimate of drug-likeness (QED) is 0.838. The van der Waals surface area contributed by atoms with Gasteiger partial charge in [0.1, 0.15) is 6.61 Å². The first kappa shape index (κ1) is 15.2. The fraction of sp³-hybridized carbons (Fsp3) is 0.611. The first-order chi connectivity index (χ1) is 10.8. The maximum absolute atomic E-state index is 12.5. The van der Waals surface area contributed by atoms with E-state index in [2.05, 4.69) is 0 Å². The second-order valence-electron chi connectivity index (χ2n) is 6.28. The lowest BCUT2D eigenvalue weighted by atomic mass is 10.0. The minimum absolute atomic E-state index is 0.0811. The molecule has 0 spiro atoms. The lowest BCUT2D eigenvalue weighted by molar-refractivity contribution is -0.133. The minimum Gasteiger partial charge on any atom is -0.486 e. The Kier molecular flexibility index (Phi) is 4.86. The highest BCUT2D eigenvalue weighted by molar-refractivity contribution is 5.76. The van der Waals surface area contributed by atoms with Crippen molar-refractivity contribution in [3.8, 4) is 11.5 Å². The Balaban J connectivity index is 1.55. The number of ether oxygens (including phenoxy) is 2. The van der Waals surface area contributed by atoms with Crippen molar-refractivity contribution in [1.29, 1.82) is 0 Å². The van der Waals surface area contributed by atoms with E-state index in [0.717, 1.165) is 18.0 Å². The standard InChI is InChI=1S/C18H25NO3/c1-2-19(18(20)11-14-7-3-4-8-14)12-15-13-21-16-9-5-6-10-17(16)22-15/h5-6,9-10,14-15H,2-4,7-8,11-13H2,1H3. The van der Waals surface area contributed by atoms with Crippen molar-refractivity contribution < 1.29 is 14.3 Å². The Morgan fingerprint density at radius 3 is 2.68 bits per heavy atom. The molecular formula is C18H25NO3. The van der Waals surface area contributed by atoms with Gasteiger partial charge in [0.05, 0.1) is 6.54 Å². The molecule has 1 fully saturated rings. The minimum atomic E-state index is -0.0811. The molecule has 0 bridgehead atoms. The summed E-state index contributed by atoms with van der Waals surface area (Å²) in [5, 5.41) is 0. The van der Waals surface area contributed by atoms with E-state index in [-0.39, 0.29) is 12.0 Å². The zero-order chi connectivity index (χ0) is 15.4. The highest BCUT2D eigenvalue weighted by Crippen LogP contribution is 2.31. The van der Waals surface area contributed by atoms with Crippen LogP contribution < -0.4 is 9.47 Å². The van der Waals surface area contributed by atoms with E-state index in [0.29, 0.717) is 25.5 Å². The van der Waals surface area contributed by atoms with Crippen molar-refractivity contribution in [2.24, 2.45) is 5.92 Å². The SMILES string of the molecule is CCN(CC1COc2ccccc2O1)C(=O)CC1CCCC1. The van der Waals surface area contributed by atoms with Crippen LogP contribution >= 0.6 is 0 Å². The van der Waals surface area contributed by atoms with Gasteiger partial charge >= 0.3 is 0 Å². The zero-order valence-corrected chi connectivity index (χ0v) is 13.3. The third-order valence-corrected chi connectivity index (χ3v) is 4.66. The van der Waals surface area contributed by atoms with Crippen LogP contribution in [0.4, 0.5) is 0 Å². The van der Waals surface area contributed by atoms with Gasteiger partial charge in [-0.15, -0.1) is 0 Å². The maximum Gasteiger partial charge on any atom is 0.222 e. The number of benzene rings is 1. The molecule has 0 saturated heterocycles. The number of fused-ring (bicyclic) bond motifs is 1. The number of rotatable bonds is 5. The van der Waals surface area contributed by atoms with Crippen molar-refractivity contribution in [3.05, 3.63) is 24.3 Å². The predicted octanol–water partition coefficient (Wildman–Crippen LogP) is 3.26. The number of likely N-dealkylation sites (N-methyl/N-ethyl adjacent to an activating group) is 1. The van der Waals surface area contributed by atoms with Crippen LogP contribution in [-0.2, 0) is 4.79 Å². The molecule has 1 heterocycles. The summed E-state index contributed by atoms with van der Waals surface area (Å²) >= 11 is 0. The normalized spacial score (nSPS) is 20.9. The summed E-state index contributed by atoms with van der Waals surface area (Å²) in [6.07, 6.45) is 5.58. The van der Waals surface area contributed by atoms with Crippen LogP contribution in [0, 0.1) is 5.92 Å². The third-order valence-electron chi connectivity index (χ3n) is 4.66. The lowest BCUT2D eigenvalue weighted by Crippen LogP contribution is -2.43. The predicted molar refractivity (Wildman–Crippen MR) is 85.2 cm³/mol. The van der Waals surface area contributed by atoms with Gasteiger partial charge in [-0.25, -0.2) is 0 Å². The van der Waals surface area contributed by atoms with Crippen LogP contribution in [0.25, 0.3) is 0 Å². The molecule has 1 aliphatic heterocycles. The largest absolute Gasteiger partial charge is 0.486 e. The zero-order valence-electron chi connectivity index (χ0n) is 13.3. The van der Waals surface area contributed by atoms with E-state index in [4.69, 9.17) is 9.47 Å². The summed E-state index contributed by atoms with van der Waals surface area (Å²) in [5.74, 6) is 2.42. The van der Waals surface area contributed by atoms with Crippen LogP contribution in [0.15, 0.2) is 24.3 Å². The topological polar surface area (TPSA) is 38.8 Å². The molecule has 4 heteroatoms. The molecule has 1 amide bonds. The van der Waals surface area contributed by atoms with Gasteiger partial charge in [-0.1, -0.05) is 25.0 Å². The van der Waals surface area contributed by atoms with Crippen LogP contribution in [0.3, 0.4) is 0 Å². The molecule has 4 nitrogen and oxygen atoms in total. The van der Waals surface area contributed by atoms with Gasteiger partial charge in [0.15, 0.2) is 17.6 Å². The average molecular weight is 303 g/mol. The fourth-order valence-electron chi connectivity index (χ4n) is 3.40. The van der Waals surface area contributed by atoms with Gasteiger partial charge in [0, 0.05) is 13.0 Å². The number of hydrogen-bond acceptors (Lipinski definition) is 3. The molecule has 1 aromatic rings. The smallest absolute Gasteiger partial charge is 0.222 e. The molecule has 0 N–H and O–H groups in total. The van der Waals surface area contributed by atoms with Crippen molar-refractivity contribution in [1.82, 2.24) is 4.90 Å². The molecule has 120 valence electrons. The summed E-state index contributed by atoms with van der Waals surface area (Å²) in [4.78, 5) is 14.4. The van der Waals surface area contributed by atoms with Crippen molar-refractivity contribution in [2.45, 2.75) is 45.1 Å². The van der Waals surface area contributed by atoms with Gasteiger partial charge in [0.25, 0.3) is 0 Å². The summed E-state index contributed by atoms with van der Waals surface area (Å²) in [6.45, 7) is 3.87. The molecule has 1 unspecified atom stereocenters. The molecule has 1 aliphatic carbocycles. The highest BCUT2D eigenvalue weighted by atomic mass is 16.6. The monoisotopic (exact) mass is 303 g/mol. The van der Waals surface area contributed by atoms with Crippen molar-refractivity contribution >= 4 is 5.91 Å². The second-order valence-corrected chi connectivity index (χ2v) is 6.28. The van der Waals surface area contributed by atoms with Crippen LogP contribution in [0.5, 0.6) is 11.5 Å². The average Bonchev–Trinajstić information content (AvgIpc) is 3.05. The molecule has 3 rings (SSSR count). The van der Waals surface area contributed by atoms with Crippen LogP contribution in [0.2, 0.25) is 0 Å². The maximum atomic E-state index is 12.5. The van der Waals surface area contributed by atoms with Gasteiger partial charge in [-0.05, 0) is 37.8 Å². The Labute approximate surface area is 132 Å². The third kappa shape index (κ3) is 3.54. The molecule has 22 heavy (non-hydrogen) atoms. The number of hydrogen-bond donors (Lipinski definition) is 0. The van der Waals surface area contributed by atoms with E-state index in [1.54, 1.807) is 0 Å². The molecular weight excluding hydrogens is 278 g/mol. The molecule has 0 aromatic heterocycles. The first-order valence-corrected chi connectivity index (χ1v) is 8.42. The molecule has 1 atom stereocenters. The van der Waals surface area contributed by atoms with Crippen molar-refractivity contribution in [2.75, 3.05) is 19.7 Å². The molecule has 0 radical (unpaired) electrons. The van der Waals surface area contributed by atoms with E-state index in [1.807, 2.05) is 36.1 Å². The number of amides is 1. The Morgan fingerprint density at radius 1 is 1.23 bits per heavy atom. The van der Waals surface area contributed by atoms with E-state index in [1.165, 1.54) is 25.7 Å². The van der Waals surface area contributed by atoms with E-state index >= 15 is 0 Å². The lowest BCUT2D eigenvalue weighted by Gasteiger charge is -2.31. The summed E-state index contributed by atoms with van der Waals surface area (Å²) in [5.41, 5.74) is 0. The number of carbonyl (C=O) groups is 1. The van der Waals surface area contributed by atoms with E-state index in [9.17, 15) is 4.79 Å². The summed E-state index contributed by atoms with van der Waals surface area (Å²) in [6, 6.07) is 7.70. The number of carbonyl (C=O) groups excluding carboxylic acids is 1. The van der Waals surface area contributed by atoms with Gasteiger partial charge in [-0.3, -0.25) is 4.79 Å². The molecule has 1 saturated carbocycles. The Bertz CT molecular complexity index is 511. The first-order valence-electron chi connectivity index (χ1n) is 8.42. The van der Waals surface area contributed by atoms with Gasteiger partial charge in [-0.2, -0.15) is 0 Å². The highest BCUT2D eigenvalue weighted by Gasteiger charge is 2.26. The Morgan fingerprint density at radius 2 is 1.95 bits per heavy atom. The van der Waals surface area contributed by atoms with Crippen LogP contribution in [-0.4, -0.2) is 36.6 Å². The van der Waals surface area contributed by atoms with Gasteiger partial charge in [0.2, 0.25) is 5.91 Å². The number of nitrogens with zero attached hydrogens (tertiary/aromatic N) is 1. The number of para-hydroxylation sites is 2. The molecule has 2 aliphatic rings. The van der Waals surface area contributed by atoms with Crippen LogP contribution in [0.1, 0.15) is 39.0 Å². The van der Waals surface area contributed by atoms with Gasteiger partial charge < -0.3 is 14.4 Å². The van der Waals surface area contributed by atoms with E-state index < -0.39 is 0 Å². The van der Waals surface area contributed by atoms with Crippen molar-refractivity contribution in [3.63, 3.8) is 0 Å². The fourth-order valence-corrected chi connectivity index (χ4v) is 3.40. The second kappa shape index (κ2) is 7.03.